The van der Waals surface area contributed by atoms with Gasteiger partial charge in [0.2, 0.25) is 0 Å². The van der Waals surface area contributed by atoms with Crippen molar-refractivity contribution in [2.45, 2.75) is 40.9 Å². The summed E-state index contributed by atoms with van der Waals surface area (Å²) in [6.45, 7) is 4.13. The van der Waals surface area contributed by atoms with Gasteiger partial charge in [-0.25, -0.2) is 9.78 Å². The second-order valence-electron chi connectivity index (χ2n) is 12.0. The summed E-state index contributed by atoms with van der Waals surface area (Å²) in [6.07, 6.45) is 2.71. The Balaban J connectivity index is 0.00000523. The van der Waals surface area contributed by atoms with Gasteiger partial charge in [-0.3, -0.25) is 0 Å². The number of nitriles is 1. The average molecular weight is 744 g/mol. The molecule has 0 spiro atoms. The van der Waals surface area contributed by atoms with Gasteiger partial charge in [0.05, 0.1) is 28.3 Å². The number of rotatable bonds is 10. The van der Waals surface area contributed by atoms with E-state index in [9.17, 15) is 25.4 Å². The van der Waals surface area contributed by atoms with Crippen LogP contribution in [0.25, 0.3) is 21.4 Å². The van der Waals surface area contributed by atoms with Gasteiger partial charge in [0.25, 0.3) is 0 Å². The number of aliphatic hydroxyl groups excluding tert-OH is 2. The average Bonchev–Trinajstić information content (AvgIpc) is 3.89. The molecule has 262 valence electrons. The number of anilines is 3. The molecule has 0 aliphatic heterocycles. The molecule has 6 aromatic rings. The number of thiophene rings is 2. The number of thiazole rings is 1. The van der Waals surface area contributed by atoms with Crippen LogP contribution in [0.4, 0.5) is 17.1 Å². The Morgan fingerprint density at radius 2 is 1.35 bits per heavy atom. The van der Waals surface area contributed by atoms with Crippen LogP contribution in [0.15, 0.2) is 97.1 Å². The number of carboxylic acid groups (broad SMARTS) is 1. The van der Waals surface area contributed by atoms with Crippen LogP contribution in [-0.2, 0) is 24.4 Å². The molecule has 0 radical (unpaired) electrons. The number of hydrogen-bond donors (Lipinski definition) is 3. The normalized spacial score (nSPS) is 11.7. The maximum Gasteiger partial charge on any atom is 0.349 e. The van der Waals surface area contributed by atoms with Crippen molar-refractivity contribution in [1.82, 2.24) is 4.98 Å². The minimum absolute atomic E-state index is 0. The van der Waals surface area contributed by atoms with Crippen LogP contribution >= 0.6 is 34.0 Å². The van der Waals surface area contributed by atoms with E-state index in [0.717, 1.165) is 63.5 Å². The third-order valence-electron chi connectivity index (χ3n) is 7.83. The van der Waals surface area contributed by atoms with Gasteiger partial charge in [-0.15, -0.1) is 34.0 Å². The summed E-state index contributed by atoms with van der Waals surface area (Å²) in [6, 6.07) is 33.6. The lowest BCUT2D eigenvalue weighted by Gasteiger charge is -2.26. The Morgan fingerprint density at radius 3 is 1.88 bits per heavy atom. The summed E-state index contributed by atoms with van der Waals surface area (Å²) >= 11 is 4.50. The third kappa shape index (κ3) is 8.93. The summed E-state index contributed by atoms with van der Waals surface area (Å²) in [4.78, 5) is 22.4. The van der Waals surface area contributed by atoms with Crippen molar-refractivity contribution < 1.29 is 20.1 Å². The molecule has 0 unspecified atom stereocenters. The van der Waals surface area contributed by atoms with Crippen molar-refractivity contribution in [2.75, 3.05) is 4.90 Å². The molecule has 0 aliphatic carbocycles. The maximum absolute atomic E-state index is 11.6. The minimum atomic E-state index is -1.27. The zero-order chi connectivity index (χ0) is 35.9. The Hall–Kier alpha value is -5.33. The van der Waals surface area contributed by atoms with Crippen LogP contribution in [0, 0.1) is 29.1 Å². The van der Waals surface area contributed by atoms with E-state index < -0.39 is 5.97 Å². The first-order chi connectivity index (χ1) is 24.7. The summed E-state index contributed by atoms with van der Waals surface area (Å²) in [7, 11) is 0. The molecular weight excluding hydrogens is 707 g/mol. The number of aliphatic hydroxyl groups is 2. The highest BCUT2D eigenvalue weighted by Gasteiger charge is 2.15. The second-order valence-corrected chi connectivity index (χ2v) is 15.2. The molecule has 0 amide bonds. The predicted molar refractivity (Wildman–Crippen MR) is 213 cm³/mol. The van der Waals surface area contributed by atoms with Crippen LogP contribution < -0.4 is 14.1 Å². The van der Waals surface area contributed by atoms with E-state index in [0.29, 0.717) is 12.3 Å². The highest BCUT2D eigenvalue weighted by Crippen LogP contribution is 2.36. The number of carbonyl (C=O) groups is 1. The summed E-state index contributed by atoms with van der Waals surface area (Å²) in [5.41, 5.74) is 5.87. The van der Waals surface area contributed by atoms with E-state index in [2.05, 4.69) is 47.7 Å². The molecule has 3 N–H and O–H groups in total. The van der Waals surface area contributed by atoms with Gasteiger partial charge < -0.3 is 20.2 Å². The lowest BCUT2D eigenvalue weighted by Crippen LogP contribution is -2.12. The maximum atomic E-state index is 11.6. The van der Waals surface area contributed by atoms with Gasteiger partial charge in [0.15, 0.2) is 5.57 Å². The van der Waals surface area contributed by atoms with Gasteiger partial charge in [0.1, 0.15) is 10.7 Å². The van der Waals surface area contributed by atoms with Crippen molar-refractivity contribution in [3.05, 3.63) is 138 Å². The van der Waals surface area contributed by atoms with Crippen molar-refractivity contribution in [3.63, 3.8) is 0 Å². The zero-order valence-corrected chi connectivity index (χ0v) is 30.3. The quantitative estimate of drug-likeness (QED) is 0.121. The van der Waals surface area contributed by atoms with Crippen LogP contribution in [0.5, 0.6) is 0 Å². The van der Waals surface area contributed by atoms with Crippen molar-refractivity contribution in [3.8, 4) is 27.7 Å². The summed E-state index contributed by atoms with van der Waals surface area (Å²) in [5, 5.41) is 37.9. The lowest BCUT2D eigenvalue weighted by atomic mass is 10.1. The van der Waals surface area contributed by atoms with Gasteiger partial charge in [-0.2, -0.15) is 5.26 Å². The highest BCUT2D eigenvalue weighted by molar-refractivity contribution is 7.22. The van der Waals surface area contributed by atoms with Crippen LogP contribution in [0.1, 0.15) is 53.4 Å². The molecule has 3 heterocycles. The first-order valence-corrected chi connectivity index (χ1v) is 18.6. The number of aromatic nitrogens is 1. The van der Waals surface area contributed by atoms with E-state index in [1.807, 2.05) is 91.0 Å². The molecular formula is C42H37N3O4S3. The molecule has 3 aromatic heterocycles. The highest BCUT2D eigenvalue weighted by atomic mass is 32.1. The molecule has 0 bridgehead atoms. The van der Waals surface area contributed by atoms with Crippen molar-refractivity contribution in [2.24, 2.45) is 5.92 Å². The molecule has 7 nitrogen and oxygen atoms in total. The Kier molecular flexibility index (Phi) is 12.6. The third-order valence-corrected chi connectivity index (χ3v) is 11.1. The van der Waals surface area contributed by atoms with E-state index in [1.54, 1.807) is 28.7 Å². The molecule has 0 saturated carbocycles. The number of carboxylic acids is 1. The Morgan fingerprint density at radius 1 is 0.788 bits per heavy atom. The largest absolute Gasteiger partial charge is 0.477 e. The Bertz CT molecular complexity index is 2340. The van der Waals surface area contributed by atoms with E-state index in [1.165, 1.54) is 11.3 Å². The standard InChI is InChI=1S/C41H33N3O4S3.CH4/c1-26(2)21-36-39(51-40(43-36)35(23-42)41(47)48)22-34-18-20-38(50-34)37-19-17-33(49-37)16-9-27-3-10-30(11-4-27)44(31-12-5-28(24-45)6-13-31)32-14-7-29(25-46)8-15-32;/h3-8,10-15,17-20,22,26,45-46H,21,24-25H2,1-2H3,(H,47,48);1H4/b39-22?,40-35-;. The van der Waals surface area contributed by atoms with Gasteiger partial charge in [-0.1, -0.05) is 57.4 Å². The van der Waals surface area contributed by atoms with Crippen molar-refractivity contribution >= 4 is 68.7 Å². The molecule has 10 heteroatoms. The minimum Gasteiger partial charge on any atom is -0.477 e. The van der Waals surface area contributed by atoms with Gasteiger partial charge >= 0.3 is 5.97 Å². The van der Waals surface area contributed by atoms with Crippen LogP contribution in [0.3, 0.4) is 0 Å². The molecule has 6 rings (SSSR count). The fourth-order valence-corrected chi connectivity index (χ4v) is 8.32. The fourth-order valence-electron chi connectivity index (χ4n) is 5.31. The van der Waals surface area contributed by atoms with Gasteiger partial charge in [-0.05, 0) is 102 Å². The van der Waals surface area contributed by atoms with Gasteiger partial charge in [0, 0.05) is 37.3 Å². The van der Waals surface area contributed by atoms with Crippen LogP contribution in [-0.4, -0.2) is 26.3 Å². The monoisotopic (exact) mass is 743 g/mol. The smallest absolute Gasteiger partial charge is 0.349 e. The topological polar surface area (TPSA) is 118 Å². The number of nitrogens with zero attached hydrogens (tertiary/aromatic N) is 3. The van der Waals surface area contributed by atoms with E-state index in [-0.39, 0.29) is 30.9 Å². The number of benzene rings is 3. The predicted octanol–water partition coefficient (Wildman–Crippen LogP) is 8.21. The van der Waals surface area contributed by atoms with E-state index >= 15 is 0 Å². The van der Waals surface area contributed by atoms with Crippen molar-refractivity contribution in [1.29, 1.82) is 5.26 Å². The van der Waals surface area contributed by atoms with E-state index in [4.69, 9.17) is 0 Å². The molecule has 0 atom stereocenters. The molecule has 0 fully saturated rings. The molecule has 0 saturated heterocycles. The summed E-state index contributed by atoms with van der Waals surface area (Å²) < 4.78 is 1.10. The first kappa shape index (κ1) is 37.9. The summed E-state index contributed by atoms with van der Waals surface area (Å²) in [5.74, 6) is 5.66. The SMILES string of the molecule is C.CC(C)Cc1n/c(=C(\C#N)C(=O)O)sc1=Cc1ccc(-c2ccc(C#Cc3ccc(N(c4ccc(CO)cc4)c4ccc(CO)cc4)cc3)s2)s1. The number of aliphatic carboxylic acids is 1. The zero-order valence-electron chi connectivity index (χ0n) is 27.8. The molecule has 0 aliphatic rings. The lowest BCUT2D eigenvalue weighted by molar-refractivity contribution is -0.130. The molecule has 52 heavy (non-hydrogen) atoms. The first-order valence-electron chi connectivity index (χ1n) is 16.1. The van der Waals surface area contributed by atoms with Crippen LogP contribution in [0.2, 0.25) is 0 Å². The second kappa shape index (κ2) is 17.3. The fraction of sp³-hybridized carbons (Fsp3) is 0.167. The Labute approximate surface area is 315 Å². The molecule has 3 aromatic carbocycles. The number of hydrogen-bond acceptors (Lipinski definition) is 9.